The number of nitriles is 1. The van der Waals surface area contributed by atoms with Crippen LogP contribution in [0.4, 0.5) is 0 Å². The summed E-state index contributed by atoms with van der Waals surface area (Å²) >= 11 is 5.81. The summed E-state index contributed by atoms with van der Waals surface area (Å²) < 4.78 is 26.4. The van der Waals surface area contributed by atoms with Gasteiger partial charge in [0.1, 0.15) is 6.07 Å². The van der Waals surface area contributed by atoms with Crippen molar-refractivity contribution in [2.24, 2.45) is 5.92 Å². The molecule has 1 aromatic carbocycles. The second kappa shape index (κ2) is 6.19. The van der Waals surface area contributed by atoms with Crippen molar-refractivity contribution in [1.29, 1.82) is 5.26 Å². The van der Waals surface area contributed by atoms with E-state index in [0.29, 0.717) is 6.54 Å². The van der Waals surface area contributed by atoms with Crippen LogP contribution in [-0.2, 0) is 10.0 Å². The van der Waals surface area contributed by atoms with Crippen LogP contribution in [-0.4, -0.2) is 15.0 Å². The number of nitrogens with zero attached hydrogens (tertiary/aromatic N) is 1. The van der Waals surface area contributed by atoms with Crippen LogP contribution in [0, 0.1) is 17.2 Å². The molecule has 0 saturated carbocycles. The molecule has 0 fully saturated rings. The summed E-state index contributed by atoms with van der Waals surface area (Å²) in [5, 5.41) is 8.86. The van der Waals surface area contributed by atoms with Gasteiger partial charge in [-0.25, -0.2) is 13.1 Å². The second-order valence-electron chi connectivity index (χ2n) is 4.12. The van der Waals surface area contributed by atoms with E-state index in [1.807, 2.05) is 19.9 Å². The van der Waals surface area contributed by atoms with Gasteiger partial charge >= 0.3 is 0 Å². The van der Waals surface area contributed by atoms with Crippen molar-refractivity contribution >= 4 is 21.6 Å². The van der Waals surface area contributed by atoms with Crippen molar-refractivity contribution in [1.82, 2.24) is 4.72 Å². The van der Waals surface area contributed by atoms with Crippen molar-refractivity contribution in [2.45, 2.75) is 25.2 Å². The quantitative estimate of drug-likeness (QED) is 0.904. The molecule has 0 spiro atoms. The van der Waals surface area contributed by atoms with E-state index in [1.54, 1.807) is 0 Å². The van der Waals surface area contributed by atoms with E-state index in [2.05, 4.69) is 4.72 Å². The van der Waals surface area contributed by atoms with E-state index in [1.165, 1.54) is 18.2 Å². The molecule has 0 saturated heterocycles. The summed E-state index contributed by atoms with van der Waals surface area (Å²) in [5.41, 5.74) is 0.262. The van der Waals surface area contributed by atoms with E-state index in [9.17, 15) is 8.42 Å². The summed E-state index contributed by atoms with van der Waals surface area (Å²) in [4.78, 5) is 0.0785. The highest BCUT2D eigenvalue weighted by Crippen LogP contribution is 2.20. The molecule has 0 aromatic heterocycles. The fourth-order valence-corrected chi connectivity index (χ4v) is 2.71. The van der Waals surface area contributed by atoms with Gasteiger partial charge in [0.15, 0.2) is 0 Å². The lowest BCUT2D eigenvalue weighted by atomic mass is 10.1. The Morgan fingerprint density at radius 3 is 2.67 bits per heavy atom. The number of benzene rings is 1. The molecule has 1 rings (SSSR count). The Kier molecular flexibility index (Phi) is 5.15. The molecule has 6 heteroatoms. The topological polar surface area (TPSA) is 70.0 Å². The molecule has 0 radical (unpaired) electrons. The molecule has 1 aromatic rings. The van der Waals surface area contributed by atoms with Gasteiger partial charge in [-0.15, -0.1) is 0 Å². The van der Waals surface area contributed by atoms with Crippen LogP contribution < -0.4 is 4.72 Å². The highest BCUT2D eigenvalue weighted by Gasteiger charge is 2.16. The van der Waals surface area contributed by atoms with Crippen LogP contribution in [0.15, 0.2) is 23.1 Å². The molecule has 0 bridgehead atoms. The molecule has 18 heavy (non-hydrogen) atoms. The zero-order valence-corrected chi connectivity index (χ0v) is 11.8. The van der Waals surface area contributed by atoms with Crippen molar-refractivity contribution in [2.75, 3.05) is 6.54 Å². The minimum atomic E-state index is -3.56. The van der Waals surface area contributed by atoms with Crippen LogP contribution in [0.25, 0.3) is 0 Å². The van der Waals surface area contributed by atoms with E-state index >= 15 is 0 Å². The molecule has 0 aliphatic carbocycles. The molecule has 0 heterocycles. The van der Waals surface area contributed by atoms with Gasteiger partial charge in [0.25, 0.3) is 0 Å². The Morgan fingerprint density at radius 2 is 2.17 bits per heavy atom. The summed E-state index contributed by atoms with van der Waals surface area (Å²) in [6, 6.07) is 5.96. The summed E-state index contributed by atoms with van der Waals surface area (Å²) in [6.07, 6.45) is 0.899. The summed E-state index contributed by atoms with van der Waals surface area (Å²) in [7, 11) is -3.56. The number of hydrogen-bond donors (Lipinski definition) is 1. The smallest absolute Gasteiger partial charge is 0.211 e. The average molecular weight is 287 g/mol. The Bertz CT molecular complexity index is 564. The van der Waals surface area contributed by atoms with Gasteiger partial charge in [-0.05, 0) is 24.1 Å². The standard InChI is InChI=1S/C12H15ClN2O2S/c1-3-9(2)8-15-18(16,17)11-5-4-10(7-14)12(13)6-11/h4-6,9,15H,3,8H2,1-2H3. The minimum absolute atomic E-state index is 0.0785. The van der Waals surface area contributed by atoms with Crippen LogP contribution in [0.1, 0.15) is 25.8 Å². The zero-order valence-electron chi connectivity index (χ0n) is 10.3. The number of sulfonamides is 1. The molecule has 4 nitrogen and oxygen atoms in total. The zero-order chi connectivity index (χ0) is 13.8. The third-order valence-electron chi connectivity index (χ3n) is 2.69. The molecule has 0 amide bonds. The fraction of sp³-hybridized carbons (Fsp3) is 0.417. The van der Waals surface area contributed by atoms with Crippen LogP contribution in [0.2, 0.25) is 5.02 Å². The van der Waals surface area contributed by atoms with Gasteiger partial charge < -0.3 is 0 Å². The molecule has 1 atom stereocenters. The first-order valence-corrected chi connectivity index (χ1v) is 7.46. The van der Waals surface area contributed by atoms with Crippen LogP contribution >= 0.6 is 11.6 Å². The van der Waals surface area contributed by atoms with Crippen LogP contribution in [0.5, 0.6) is 0 Å². The van der Waals surface area contributed by atoms with Gasteiger partial charge in [0.05, 0.1) is 15.5 Å². The second-order valence-corrected chi connectivity index (χ2v) is 6.29. The molecule has 0 aliphatic rings. The van der Waals surface area contributed by atoms with E-state index < -0.39 is 10.0 Å². The first-order chi connectivity index (χ1) is 8.40. The molecule has 98 valence electrons. The fourth-order valence-electron chi connectivity index (χ4n) is 1.23. The van der Waals surface area contributed by atoms with Gasteiger partial charge in [0.2, 0.25) is 10.0 Å². The SMILES string of the molecule is CCC(C)CNS(=O)(=O)c1ccc(C#N)c(Cl)c1. The summed E-state index contributed by atoms with van der Waals surface area (Å²) in [6.45, 7) is 4.35. The maximum absolute atomic E-state index is 12.0. The average Bonchev–Trinajstić information content (AvgIpc) is 2.35. The molecule has 0 aliphatic heterocycles. The molecular weight excluding hydrogens is 272 g/mol. The van der Waals surface area contributed by atoms with Crippen molar-refractivity contribution in [3.63, 3.8) is 0 Å². The molecular formula is C12H15ClN2O2S. The van der Waals surface area contributed by atoms with Crippen molar-refractivity contribution in [3.05, 3.63) is 28.8 Å². The van der Waals surface area contributed by atoms with E-state index in [0.717, 1.165) is 6.42 Å². The molecule has 1 unspecified atom stereocenters. The highest BCUT2D eigenvalue weighted by atomic mass is 35.5. The normalized spacial score (nSPS) is 13.0. The van der Waals surface area contributed by atoms with E-state index in [4.69, 9.17) is 16.9 Å². The third kappa shape index (κ3) is 3.70. The van der Waals surface area contributed by atoms with E-state index in [-0.39, 0.29) is 21.4 Å². The number of nitrogens with one attached hydrogen (secondary N) is 1. The van der Waals surface area contributed by atoms with Gasteiger partial charge in [-0.1, -0.05) is 31.9 Å². The predicted molar refractivity (Wildman–Crippen MR) is 70.8 cm³/mol. The first kappa shape index (κ1) is 15.0. The Balaban J connectivity index is 2.93. The van der Waals surface area contributed by atoms with Gasteiger partial charge in [0, 0.05) is 6.54 Å². The molecule has 1 N–H and O–H groups in total. The maximum atomic E-state index is 12.0. The van der Waals surface area contributed by atoms with Crippen LogP contribution in [0.3, 0.4) is 0 Å². The summed E-state index contributed by atoms with van der Waals surface area (Å²) in [5.74, 6) is 0.272. The lowest BCUT2D eigenvalue weighted by Crippen LogP contribution is -2.28. The highest BCUT2D eigenvalue weighted by molar-refractivity contribution is 7.89. The minimum Gasteiger partial charge on any atom is -0.211 e. The Labute approximate surface area is 113 Å². The lowest BCUT2D eigenvalue weighted by Gasteiger charge is -2.11. The lowest BCUT2D eigenvalue weighted by molar-refractivity contribution is 0.528. The van der Waals surface area contributed by atoms with Gasteiger partial charge in [-0.2, -0.15) is 5.26 Å². The number of hydrogen-bond acceptors (Lipinski definition) is 3. The monoisotopic (exact) mass is 286 g/mol. The third-order valence-corrected chi connectivity index (χ3v) is 4.42. The predicted octanol–water partition coefficient (Wildman–Crippen LogP) is 2.54. The van der Waals surface area contributed by atoms with Crippen molar-refractivity contribution < 1.29 is 8.42 Å². The van der Waals surface area contributed by atoms with Crippen molar-refractivity contribution in [3.8, 4) is 6.07 Å². The Hall–Kier alpha value is -1.09. The maximum Gasteiger partial charge on any atom is 0.240 e. The number of rotatable bonds is 5. The largest absolute Gasteiger partial charge is 0.240 e. The number of halogens is 1. The Morgan fingerprint density at radius 1 is 1.50 bits per heavy atom. The van der Waals surface area contributed by atoms with Gasteiger partial charge in [-0.3, -0.25) is 0 Å². The first-order valence-electron chi connectivity index (χ1n) is 5.60.